The molecule has 0 aliphatic carbocycles. The van der Waals surface area contributed by atoms with Gasteiger partial charge in [-0.1, -0.05) is 18.2 Å². The van der Waals surface area contributed by atoms with Crippen molar-refractivity contribution in [3.8, 4) is 0 Å². The number of urea groups is 1. The SMILES string of the molecule is O=C(Nc1cccc(F)c1)Nc1ccccc1C(=O)NCCO. The van der Waals surface area contributed by atoms with Crippen LogP contribution in [0.15, 0.2) is 48.5 Å². The van der Waals surface area contributed by atoms with Crippen LogP contribution >= 0.6 is 0 Å². The average molecular weight is 317 g/mol. The molecule has 0 bridgehead atoms. The number of aliphatic hydroxyl groups is 1. The number of para-hydroxylation sites is 1. The molecule has 23 heavy (non-hydrogen) atoms. The molecule has 3 amide bonds. The summed E-state index contributed by atoms with van der Waals surface area (Å²) < 4.78 is 13.1. The van der Waals surface area contributed by atoms with Crippen molar-refractivity contribution in [1.29, 1.82) is 0 Å². The number of anilines is 2. The van der Waals surface area contributed by atoms with Crippen LogP contribution in [0, 0.1) is 5.82 Å². The molecular formula is C16H16FN3O3. The van der Waals surface area contributed by atoms with Crippen molar-refractivity contribution in [3.63, 3.8) is 0 Å². The molecule has 4 N–H and O–H groups in total. The van der Waals surface area contributed by atoms with E-state index in [9.17, 15) is 14.0 Å². The predicted molar refractivity (Wildman–Crippen MR) is 84.9 cm³/mol. The lowest BCUT2D eigenvalue weighted by atomic mass is 10.1. The Morgan fingerprint density at radius 1 is 1.04 bits per heavy atom. The number of halogens is 1. The van der Waals surface area contributed by atoms with Crippen molar-refractivity contribution in [1.82, 2.24) is 5.32 Å². The van der Waals surface area contributed by atoms with Crippen LogP contribution in [0.5, 0.6) is 0 Å². The quantitative estimate of drug-likeness (QED) is 0.681. The molecule has 0 fully saturated rings. The Morgan fingerprint density at radius 3 is 2.57 bits per heavy atom. The minimum absolute atomic E-state index is 0.114. The van der Waals surface area contributed by atoms with Gasteiger partial charge in [-0.05, 0) is 30.3 Å². The van der Waals surface area contributed by atoms with E-state index in [4.69, 9.17) is 5.11 Å². The molecule has 2 aromatic rings. The largest absolute Gasteiger partial charge is 0.395 e. The molecule has 2 aromatic carbocycles. The number of benzene rings is 2. The van der Waals surface area contributed by atoms with Crippen LogP contribution < -0.4 is 16.0 Å². The van der Waals surface area contributed by atoms with Crippen LogP contribution in [0.4, 0.5) is 20.6 Å². The van der Waals surface area contributed by atoms with Gasteiger partial charge in [0.05, 0.1) is 17.9 Å². The highest BCUT2D eigenvalue weighted by molar-refractivity contribution is 6.06. The highest BCUT2D eigenvalue weighted by Gasteiger charge is 2.12. The minimum Gasteiger partial charge on any atom is -0.395 e. The molecule has 0 aliphatic rings. The molecule has 0 aliphatic heterocycles. The van der Waals surface area contributed by atoms with Gasteiger partial charge in [0.1, 0.15) is 5.82 Å². The van der Waals surface area contributed by atoms with Gasteiger partial charge in [0, 0.05) is 12.2 Å². The first-order chi connectivity index (χ1) is 11.1. The van der Waals surface area contributed by atoms with Crippen LogP contribution in [-0.4, -0.2) is 30.2 Å². The molecule has 0 unspecified atom stereocenters. The Labute approximate surface area is 132 Å². The number of carbonyl (C=O) groups is 2. The Kier molecular flexibility index (Phi) is 5.65. The highest BCUT2D eigenvalue weighted by Crippen LogP contribution is 2.16. The van der Waals surface area contributed by atoms with Gasteiger partial charge in [-0.2, -0.15) is 0 Å². The number of hydrogen-bond acceptors (Lipinski definition) is 3. The Hall–Kier alpha value is -2.93. The number of aliphatic hydroxyl groups excluding tert-OH is 1. The Bertz CT molecular complexity index is 706. The summed E-state index contributed by atoms with van der Waals surface area (Å²) >= 11 is 0. The summed E-state index contributed by atoms with van der Waals surface area (Å²) in [7, 11) is 0. The lowest BCUT2D eigenvalue weighted by molar-refractivity contribution is 0.0945. The van der Waals surface area contributed by atoms with Crippen molar-refractivity contribution >= 4 is 23.3 Å². The lowest BCUT2D eigenvalue weighted by Crippen LogP contribution is -2.28. The van der Waals surface area contributed by atoms with Gasteiger partial charge < -0.3 is 21.1 Å². The van der Waals surface area contributed by atoms with Crippen molar-refractivity contribution in [2.24, 2.45) is 0 Å². The van der Waals surface area contributed by atoms with E-state index in [0.717, 1.165) is 0 Å². The molecule has 7 heteroatoms. The van der Waals surface area contributed by atoms with Crippen molar-refractivity contribution in [3.05, 3.63) is 59.9 Å². The predicted octanol–water partition coefficient (Wildman–Crippen LogP) is 2.19. The zero-order valence-corrected chi connectivity index (χ0v) is 12.2. The second kappa shape index (κ2) is 7.90. The monoisotopic (exact) mass is 317 g/mol. The highest BCUT2D eigenvalue weighted by atomic mass is 19.1. The van der Waals surface area contributed by atoms with E-state index < -0.39 is 17.8 Å². The fourth-order valence-electron chi connectivity index (χ4n) is 1.91. The maximum Gasteiger partial charge on any atom is 0.323 e. The van der Waals surface area contributed by atoms with E-state index in [1.165, 1.54) is 18.2 Å². The molecule has 0 radical (unpaired) electrons. The molecule has 2 rings (SSSR count). The van der Waals surface area contributed by atoms with Crippen molar-refractivity contribution in [2.75, 3.05) is 23.8 Å². The summed E-state index contributed by atoms with van der Waals surface area (Å²) in [6, 6.07) is 11.3. The molecule has 120 valence electrons. The van der Waals surface area contributed by atoms with Crippen molar-refractivity contribution < 1.29 is 19.1 Å². The van der Waals surface area contributed by atoms with Crippen LogP contribution in [-0.2, 0) is 0 Å². The third kappa shape index (κ3) is 4.79. The van der Waals surface area contributed by atoms with E-state index in [0.29, 0.717) is 11.4 Å². The molecular weight excluding hydrogens is 301 g/mol. The van der Waals surface area contributed by atoms with Crippen LogP contribution in [0.2, 0.25) is 0 Å². The summed E-state index contributed by atoms with van der Waals surface area (Å²) in [6.45, 7) is -0.0654. The molecule has 0 heterocycles. The van der Waals surface area contributed by atoms with E-state index >= 15 is 0 Å². The van der Waals surface area contributed by atoms with Crippen LogP contribution in [0.3, 0.4) is 0 Å². The smallest absolute Gasteiger partial charge is 0.323 e. The maximum atomic E-state index is 13.1. The zero-order valence-electron chi connectivity index (χ0n) is 12.2. The van der Waals surface area contributed by atoms with Gasteiger partial charge in [-0.15, -0.1) is 0 Å². The van der Waals surface area contributed by atoms with Crippen LogP contribution in [0.1, 0.15) is 10.4 Å². The van der Waals surface area contributed by atoms with Crippen LogP contribution in [0.25, 0.3) is 0 Å². The fraction of sp³-hybridized carbons (Fsp3) is 0.125. The lowest BCUT2D eigenvalue weighted by Gasteiger charge is -2.12. The van der Waals surface area contributed by atoms with Gasteiger partial charge in [0.15, 0.2) is 0 Å². The van der Waals surface area contributed by atoms with Gasteiger partial charge in [0.2, 0.25) is 0 Å². The second-order valence-corrected chi connectivity index (χ2v) is 4.61. The summed E-state index contributed by atoms with van der Waals surface area (Å²) in [6.07, 6.45) is 0. The van der Waals surface area contributed by atoms with Gasteiger partial charge in [0.25, 0.3) is 5.91 Å². The van der Waals surface area contributed by atoms with E-state index in [1.807, 2.05) is 0 Å². The number of amides is 3. The minimum atomic E-state index is -0.599. The normalized spacial score (nSPS) is 10.0. The first-order valence-corrected chi connectivity index (χ1v) is 6.92. The van der Waals surface area contributed by atoms with Crippen molar-refractivity contribution in [2.45, 2.75) is 0 Å². The Balaban J connectivity index is 2.07. The van der Waals surface area contributed by atoms with Gasteiger partial charge in [-0.25, -0.2) is 9.18 Å². The van der Waals surface area contributed by atoms with E-state index in [1.54, 1.807) is 30.3 Å². The number of hydrogen-bond donors (Lipinski definition) is 4. The molecule has 6 nitrogen and oxygen atoms in total. The maximum absolute atomic E-state index is 13.1. The topological polar surface area (TPSA) is 90.5 Å². The standard InChI is InChI=1S/C16H16FN3O3/c17-11-4-3-5-12(10-11)19-16(23)20-14-7-2-1-6-13(14)15(22)18-8-9-21/h1-7,10,21H,8-9H2,(H,18,22)(H2,19,20,23). The summed E-state index contributed by atoms with van der Waals surface area (Å²) in [5.41, 5.74) is 0.858. The Morgan fingerprint density at radius 2 is 1.83 bits per heavy atom. The second-order valence-electron chi connectivity index (χ2n) is 4.61. The molecule has 0 aromatic heterocycles. The molecule has 0 saturated carbocycles. The third-order valence-electron chi connectivity index (χ3n) is 2.90. The first-order valence-electron chi connectivity index (χ1n) is 6.92. The molecule has 0 atom stereocenters. The van der Waals surface area contributed by atoms with Gasteiger partial charge >= 0.3 is 6.03 Å². The molecule has 0 spiro atoms. The van der Waals surface area contributed by atoms with Gasteiger partial charge in [-0.3, -0.25) is 4.79 Å². The average Bonchev–Trinajstić information content (AvgIpc) is 2.53. The number of carbonyl (C=O) groups excluding carboxylic acids is 2. The third-order valence-corrected chi connectivity index (χ3v) is 2.90. The summed E-state index contributed by atoms with van der Waals surface area (Å²) in [5.74, 6) is -0.882. The van der Waals surface area contributed by atoms with E-state index in [2.05, 4.69) is 16.0 Å². The first kappa shape index (κ1) is 16.4. The number of nitrogens with one attached hydrogen (secondary N) is 3. The van der Waals surface area contributed by atoms with E-state index in [-0.39, 0.29) is 18.7 Å². The summed E-state index contributed by atoms with van der Waals surface area (Å²) in [5, 5.41) is 16.3. The number of rotatable bonds is 5. The summed E-state index contributed by atoms with van der Waals surface area (Å²) in [4.78, 5) is 23.9. The molecule has 0 saturated heterocycles. The zero-order chi connectivity index (χ0) is 16.7. The fourth-order valence-corrected chi connectivity index (χ4v) is 1.91.